The van der Waals surface area contributed by atoms with Gasteiger partial charge < -0.3 is 4.74 Å². The molecule has 0 atom stereocenters. The van der Waals surface area contributed by atoms with Crippen molar-refractivity contribution in [3.63, 3.8) is 0 Å². The first-order chi connectivity index (χ1) is 10.9. The van der Waals surface area contributed by atoms with Gasteiger partial charge in [-0.05, 0) is 17.5 Å². The van der Waals surface area contributed by atoms with Crippen LogP contribution < -0.4 is 4.74 Å². The summed E-state index contributed by atoms with van der Waals surface area (Å²) in [6, 6.07) is 10.2. The third-order valence-electron chi connectivity index (χ3n) is 3.38. The molecule has 0 aliphatic rings. The number of nitrogens with zero attached hydrogens (tertiary/aromatic N) is 1. The van der Waals surface area contributed by atoms with Crippen LogP contribution in [0.3, 0.4) is 0 Å². The first-order valence-corrected chi connectivity index (χ1v) is 7.08. The third-order valence-corrected chi connectivity index (χ3v) is 3.38. The van der Waals surface area contributed by atoms with E-state index in [0.717, 1.165) is 23.8 Å². The number of carbonyl (C=O) groups is 1. The number of rotatable bonds is 6. The highest BCUT2D eigenvalue weighted by atomic mass is 19.1. The molecule has 0 spiro atoms. The molecule has 0 fully saturated rings. The van der Waals surface area contributed by atoms with Crippen molar-refractivity contribution in [3.05, 3.63) is 69.5 Å². The molecule has 0 heterocycles. The van der Waals surface area contributed by atoms with Crippen LogP contribution in [0.5, 0.6) is 5.75 Å². The largest absolute Gasteiger partial charge is 0.482 e. The highest BCUT2D eigenvalue weighted by Crippen LogP contribution is 2.22. The Labute approximate surface area is 132 Å². The fourth-order valence-electron chi connectivity index (χ4n) is 2.00. The molecule has 2 aromatic rings. The van der Waals surface area contributed by atoms with Crippen molar-refractivity contribution < 1.29 is 18.8 Å². The van der Waals surface area contributed by atoms with Crippen LogP contribution >= 0.6 is 0 Å². The Morgan fingerprint density at radius 1 is 1.22 bits per heavy atom. The van der Waals surface area contributed by atoms with Gasteiger partial charge >= 0.3 is 0 Å². The van der Waals surface area contributed by atoms with Gasteiger partial charge in [-0.3, -0.25) is 14.9 Å². The number of halogens is 1. The number of nitro groups is 1. The van der Waals surface area contributed by atoms with Crippen molar-refractivity contribution in [1.82, 2.24) is 0 Å². The number of ether oxygens (including phenoxy) is 1. The Kier molecular flexibility index (Phi) is 5.05. The number of nitro benzene ring substituents is 1. The van der Waals surface area contributed by atoms with Crippen LogP contribution in [0.15, 0.2) is 42.5 Å². The van der Waals surface area contributed by atoms with Crippen LogP contribution in [0, 0.1) is 15.9 Å². The molecule has 2 aromatic carbocycles. The van der Waals surface area contributed by atoms with Gasteiger partial charge in [0.25, 0.3) is 5.69 Å². The number of Topliss-reactive ketones (excluding diaryl/α,β-unsaturated/α-hetero) is 1. The predicted octanol–water partition coefficient (Wildman–Crippen LogP) is 4.12. The van der Waals surface area contributed by atoms with Gasteiger partial charge in [0.1, 0.15) is 0 Å². The molecular weight excluding hydrogens is 301 g/mol. The molecule has 0 saturated carbocycles. The van der Waals surface area contributed by atoms with Gasteiger partial charge in [-0.15, -0.1) is 0 Å². The van der Waals surface area contributed by atoms with Gasteiger partial charge in [0.15, 0.2) is 24.0 Å². The van der Waals surface area contributed by atoms with Crippen LogP contribution in [0.4, 0.5) is 10.1 Å². The fraction of sp³-hybridized carbons (Fsp3) is 0.235. The first-order valence-electron chi connectivity index (χ1n) is 7.08. The maximum Gasteiger partial charge on any atom is 0.272 e. The first kappa shape index (κ1) is 16.6. The minimum absolute atomic E-state index is 0.192. The highest BCUT2D eigenvalue weighted by molar-refractivity contribution is 5.97. The topological polar surface area (TPSA) is 69.4 Å². The molecule has 0 aliphatic carbocycles. The Balaban J connectivity index is 2.03. The van der Waals surface area contributed by atoms with Crippen molar-refractivity contribution in [3.8, 4) is 5.75 Å². The zero-order valence-electron chi connectivity index (χ0n) is 12.8. The van der Waals surface area contributed by atoms with E-state index in [4.69, 9.17) is 4.74 Å². The van der Waals surface area contributed by atoms with Gasteiger partial charge in [0, 0.05) is 11.6 Å². The number of non-ortho nitro benzene ring substituents is 1. The maximum absolute atomic E-state index is 13.7. The van der Waals surface area contributed by atoms with Gasteiger partial charge in [-0.2, -0.15) is 0 Å². The Hall–Kier alpha value is -2.76. The van der Waals surface area contributed by atoms with E-state index in [1.165, 1.54) is 0 Å². The van der Waals surface area contributed by atoms with Crippen molar-refractivity contribution >= 4 is 11.5 Å². The maximum atomic E-state index is 13.7. The van der Waals surface area contributed by atoms with Crippen molar-refractivity contribution in [2.75, 3.05) is 6.61 Å². The van der Waals surface area contributed by atoms with E-state index >= 15 is 0 Å². The zero-order valence-corrected chi connectivity index (χ0v) is 12.8. The lowest BCUT2D eigenvalue weighted by molar-refractivity contribution is -0.385. The Bertz CT molecular complexity index is 726. The quantitative estimate of drug-likeness (QED) is 0.456. The summed E-state index contributed by atoms with van der Waals surface area (Å²) in [5.41, 5.74) is 1.21. The average molecular weight is 317 g/mol. The lowest BCUT2D eigenvalue weighted by Crippen LogP contribution is -2.12. The van der Waals surface area contributed by atoms with Crippen molar-refractivity contribution in [1.29, 1.82) is 0 Å². The number of carbonyl (C=O) groups excluding carboxylic acids is 1. The van der Waals surface area contributed by atoms with Crippen LogP contribution in [0.2, 0.25) is 0 Å². The fourth-order valence-corrected chi connectivity index (χ4v) is 2.00. The normalized spacial score (nSPS) is 10.6. The van der Waals surface area contributed by atoms with Crippen LogP contribution in [-0.4, -0.2) is 17.3 Å². The molecule has 0 N–H and O–H groups in total. The third kappa shape index (κ3) is 4.12. The van der Waals surface area contributed by atoms with E-state index in [9.17, 15) is 19.3 Å². The number of benzene rings is 2. The molecule has 0 saturated heterocycles. The molecule has 5 nitrogen and oxygen atoms in total. The van der Waals surface area contributed by atoms with E-state index in [-0.39, 0.29) is 23.8 Å². The Morgan fingerprint density at radius 2 is 1.87 bits per heavy atom. The molecule has 0 radical (unpaired) electrons. The lowest BCUT2D eigenvalue weighted by Gasteiger charge is -2.08. The van der Waals surface area contributed by atoms with E-state index < -0.39 is 10.7 Å². The summed E-state index contributed by atoms with van der Waals surface area (Å²) in [5, 5.41) is 10.5. The smallest absolute Gasteiger partial charge is 0.272 e. The van der Waals surface area contributed by atoms with Gasteiger partial charge in [0.2, 0.25) is 0 Å². The minimum Gasteiger partial charge on any atom is -0.482 e. The van der Waals surface area contributed by atoms with Crippen LogP contribution in [0.1, 0.15) is 35.7 Å². The molecule has 0 amide bonds. The second kappa shape index (κ2) is 7.00. The number of hydrogen-bond donors (Lipinski definition) is 0. The Morgan fingerprint density at radius 3 is 2.39 bits per heavy atom. The highest BCUT2D eigenvalue weighted by Gasteiger charge is 2.13. The van der Waals surface area contributed by atoms with Gasteiger partial charge in [0.05, 0.1) is 11.0 Å². The summed E-state index contributed by atoms with van der Waals surface area (Å²) in [6.07, 6.45) is 0. The minimum atomic E-state index is -0.873. The molecule has 23 heavy (non-hydrogen) atoms. The number of ketones is 1. The summed E-state index contributed by atoms with van der Waals surface area (Å²) in [6.45, 7) is 3.77. The van der Waals surface area contributed by atoms with Crippen LogP contribution in [0.25, 0.3) is 0 Å². The number of hydrogen-bond acceptors (Lipinski definition) is 4. The summed E-state index contributed by atoms with van der Waals surface area (Å²) in [7, 11) is 0. The van der Waals surface area contributed by atoms with E-state index in [1.54, 1.807) is 12.1 Å². The summed E-state index contributed by atoms with van der Waals surface area (Å²) >= 11 is 0. The second-order valence-electron chi connectivity index (χ2n) is 5.36. The zero-order chi connectivity index (χ0) is 17.0. The molecule has 0 aliphatic heterocycles. The van der Waals surface area contributed by atoms with E-state index in [0.29, 0.717) is 11.5 Å². The molecule has 6 heteroatoms. The predicted molar refractivity (Wildman–Crippen MR) is 83.4 cm³/mol. The molecule has 120 valence electrons. The van der Waals surface area contributed by atoms with Crippen LogP contribution in [-0.2, 0) is 0 Å². The van der Waals surface area contributed by atoms with E-state index in [2.05, 4.69) is 13.8 Å². The summed E-state index contributed by atoms with van der Waals surface area (Å²) in [5.74, 6) is -0.993. The lowest BCUT2D eigenvalue weighted by atomic mass is 10.0. The van der Waals surface area contributed by atoms with E-state index in [1.807, 2.05) is 12.1 Å². The molecule has 0 bridgehead atoms. The molecular formula is C17H16FNO4. The molecule has 0 aromatic heterocycles. The molecule has 0 unspecified atom stereocenters. The SMILES string of the molecule is CC(C)c1ccc(C(=O)COc2ccc([N+](=O)[O-])cc2F)cc1. The summed E-state index contributed by atoms with van der Waals surface area (Å²) < 4.78 is 18.8. The summed E-state index contributed by atoms with van der Waals surface area (Å²) in [4.78, 5) is 21.9. The van der Waals surface area contributed by atoms with Crippen molar-refractivity contribution in [2.45, 2.75) is 19.8 Å². The monoisotopic (exact) mass is 317 g/mol. The second-order valence-corrected chi connectivity index (χ2v) is 5.36. The van der Waals surface area contributed by atoms with Crippen molar-refractivity contribution in [2.24, 2.45) is 0 Å². The average Bonchev–Trinajstić information content (AvgIpc) is 2.53. The van der Waals surface area contributed by atoms with Gasteiger partial charge in [-0.25, -0.2) is 4.39 Å². The van der Waals surface area contributed by atoms with Gasteiger partial charge in [-0.1, -0.05) is 38.1 Å². The molecule has 2 rings (SSSR count). The standard InChI is InChI=1S/C17H16FNO4/c1-11(2)12-3-5-13(6-4-12)16(20)10-23-17-8-7-14(19(21)22)9-15(17)18/h3-9,11H,10H2,1-2H3.